The zero-order chi connectivity index (χ0) is 26.9. The highest BCUT2D eigenvalue weighted by atomic mass is 35.5. The molecule has 0 aromatic heterocycles. The molecule has 0 spiro atoms. The van der Waals surface area contributed by atoms with Crippen LogP contribution < -0.4 is 4.74 Å². The van der Waals surface area contributed by atoms with Crippen LogP contribution in [0.2, 0.25) is 5.02 Å². The molecule has 196 valence electrons. The summed E-state index contributed by atoms with van der Waals surface area (Å²) < 4.78 is 16.3. The number of hydrogen-bond donors (Lipinski definition) is 1. The lowest BCUT2D eigenvalue weighted by Gasteiger charge is -2.33. The van der Waals surface area contributed by atoms with Crippen LogP contribution in [-0.4, -0.2) is 62.1 Å². The lowest BCUT2D eigenvalue weighted by molar-refractivity contribution is -0.150. The second-order valence-corrected chi connectivity index (χ2v) is 9.21. The molecule has 7 nitrogen and oxygen atoms in total. The van der Waals surface area contributed by atoms with E-state index in [0.717, 1.165) is 27.8 Å². The normalized spacial score (nSPS) is 15.9. The Labute approximate surface area is 227 Å². The van der Waals surface area contributed by atoms with E-state index in [2.05, 4.69) is 6.07 Å². The molecule has 0 amide bonds. The molecule has 0 bridgehead atoms. The first-order valence-corrected chi connectivity index (χ1v) is 12.6. The van der Waals surface area contributed by atoms with Gasteiger partial charge in [-0.2, -0.15) is 5.26 Å². The quantitative estimate of drug-likeness (QED) is 0.277. The lowest BCUT2D eigenvalue weighted by atomic mass is 9.95. The molecule has 3 aromatic rings. The van der Waals surface area contributed by atoms with E-state index in [1.807, 2.05) is 77.7 Å². The zero-order valence-electron chi connectivity index (χ0n) is 21.1. The highest BCUT2D eigenvalue weighted by Gasteiger charge is 2.29. The van der Waals surface area contributed by atoms with Gasteiger partial charge in [0.1, 0.15) is 24.5 Å². The van der Waals surface area contributed by atoms with Gasteiger partial charge in [-0.25, -0.2) is 0 Å². The van der Waals surface area contributed by atoms with Gasteiger partial charge in [0.2, 0.25) is 0 Å². The van der Waals surface area contributed by atoms with Crippen molar-refractivity contribution in [3.05, 3.63) is 87.9 Å². The summed E-state index contributed by atoms with van der Waals surface area (Å²) in [5, 5.41) is 20.1. The summed E-state index contributed by atoms with van der Waals surface area (Å²) in [6, 6.07) is 20.8. The Kier molecular flexibility index (Phi) is 9.52. The monoisotopic (exact) mass is 532 g/mol. The Hall–Kier alpha value is -3.67. The number of ether oxygens (including phenoxy) is 3. The van der Waals surface area contributed by atoms with Crippen molar-refractivity contribution in [2.24, 2.45) is 0 Å². The lowest BCUT2D eigenvalue weighted by Crippen LogP contribution is -2.49. The van der Waals surface area contributed by atoms with Crippen LogP contribution in [0.3, 0.4) is 0 Å². The topological polar surface area (TPSA) is 92.0 Å². The van der Waals surface area contributed by atoms with Crippen LogP contribution >= 0.6 is 11.6 Å². The van der Waals surface area contributed by atoms with Crippen LogP contribution in [0.25, 0.3) is 23.3 Å². The number of aliphatic carboxylic acids is 1. The molecule has 4 rings (SSSR count). The van der Waals surface area contributed by atoms with Crippen LogP contribution in [0.4, 0.5) is 0 Å². The molecule has 1 aliphatic rings. The van der Waals surface area contributed by atoms with E-state index in [1.165, 1.54) is 0 Å². The fraction of sp³-hybridized carbons (Fsp3) is 0.267. The van der Waals surface area contributed by atoms with Gasteiger partial charge in [-0.3, -0.25) is 9.69 Å². The minimum Gasteiger partial charge on any atom is -0.490 e. The summed E-state index contributed by atoms with van der Waals surface area (Å²) in [7, 11) is 1.60. The summed E-state index contributed by atoms with van der Waals surface area (Å²) in [5.41, 5.74) is 4.82. The third-order valence-corrected chi connectivity index (χ3v) is 6.67. The average molecular weight is 533 g/mol. The van der Waals surface area contributed by atoms with Gasteiger partial charge in [0.15, 0.2) is 0 Å². The molecule has 1 fully saturated rings. The third kappa shape index (κ3) is 6.60. The van der Waals surface area contributed by atoms with Crippen LogP contribution in [-0.2, 0) is 20.8 Å². The van der Waals surface area contributed by atoms with E-state index in [-0.39, 0.29) is 6.61 Å². The Balaban J connectivity index is 1.72. The summed E-state index contributed by atoms with van der Waals surface area (Å²) in [6.07, 6.45) is 3.81. The first kappa shape index (κ1) is 27.4. The van der Waals surface area contributed by atoms with Gasteiger partial charge in [-0.05, 0) is 34.4 Å². The van der Waals surface area contributed by atoms with Gasteiger partial charge in [-0.1, -0.05) is 72.3 Å². The molecule has 1 aliphatic heterocycles. The Morgan fingerprint density at radius 3 is 2.68 bits per heavy atom. The molecule has 1 heterocycles. The van der Waals surface area contributed by atoms with Crippen molar-refractivity contribution in [1.29, 1.82) is 5.26 Å². The maximum Gasteiger partial charge on any atom is 0.323 e. The summed E-state index contributed by atoms with van der Waals surface area (Å²) in [6.45, 7) is 2.19. The minimum absolute atomic E-state index is 0.129. The number of nitriles is 1. The number of carbonyl (C=O) groups is 1. The highest BCUT2D eigenvalue weighted by molar-refractivity contribution is 6.32. The molecule has 1 atom stereocenters. The summed E-state index contributed by atoms with van der Waals surface area (Å²) in [5.74, 6) is -0.425. The molecule has 1 unspecified atom stereocenters. The van der Waals surface area contributed by atoms with Crippen LogP contribution in [0.15, 0.2) is 60.7 Å². The number of benzene rings is 3. The molecule has 1 saturated heterocycles. The van der Waals surface area contributed by atoms with Crippen molar-refractivity contribution in [2.45, 2.75) is 12.6 Å². The molecule has 3 aromatic carbocycles. The number of hydrogen-bond acceptors (Lipinski definition) is 6. The molecular weight excluding hydrogens is 504 g/mol. The largest absolute Gasteiger partial charge is 0.490 e. The number of morpholine rings is 1. The van der Waals surface area contributed by atoms with Crippen LogP contribution in [0.5, 0.6) is 5.75 Å². The van der Waals surface area contributed by atoms with Crippen molar-refractivity contribution in [3.8, 4) is 22.9 Å². The number of carboxylic acid groups (broad SMARTS) is 1. The fourth-order valence-electron chi connectivity index (χ4n) is 4.39. The first-order chi connectivity index (χ1) is 18.5. The van der Waals surface area contributed by atoms with Gasteiger partial charge in [-0.15, -0.1) is 0 Å². The van der Waals surface area contributed by atoms with E-state index in [0.29, 0.717) is 49.2 Å². The van der Waals surface area contributed by atoms with E-state index in [1.54, 1.807) is 7.11 Å². The number of nitrogens with zero attached hydrogens (tertiary/aromatic N) is 2. The third-order valence-electron chi connectivity index (χ3n) is 6.37. The number of rotatable bonds is 10. The van der Waals surface area contributed by atoms with Gasteiger partial charge < -0.3 is 19.3 Å². The second kappa shape index (κ2) is 13.2. The molecular formula is C30H29ClN2O5. The Bertz CT molecular complexity index is 1340. The maximum atomic E-state index is 11.8. The average Bonchev–Trinajstić information content (AvgIpc) is 2.94. The number of methoxy groups -OCH3 is 1. The fourth-order valence-corrected chi connectivity index (χ4v) is 4.63. The van der Waals surface area contributed by atoms with Crippen molar-refractivity contribution in [1.82, 2.24) is 4.90 Å². The highest BCUT2D eigenvalue weighted by Crippen LogP contribution is 2.32. The standard InChI is InChI=1S/C30H29ClN2O5/c1-36-14-15-38-29-17-23(24(16-27(29)31)19-33-12-13-37-20-28(33)30(34)35)11-10-22-8-5-9-25(26(22)18-32)21-6-3-2-4-7-21/h2-11,16-17,28H,12-15,19-20H2,1H3,(H,34,35). The number of carboxylic acids is 1. The second-order valence-electron chi connectivity index (χ2n) is 8.80. The predicted molar refractivity (Wildman–Crippen MR) is 147 cm³/mol. The minimum atomic E-state index is -0.927. The van der Waals surface area contributed by atoms with Gasteiger partial charge in [0.05, 0.1) is 30.4 Å². The smallest absolute Gasteiger partial charge is 0.323 e. The van der Waals surface area contributed by atoms with E-state index >= 15 is 0 Å². The molecule has 1 N–H and O–H groups in total. The molecule has 0 saturated carbocycles. The molecule has 38 heavy (non-hydrogen) atoms. The van der Waals surface area contributed by atoms with E-state index in [9.17, 15) is 15.2 Å². The van der Waals surface area contributed by atoms with E-state index in [4.69, 9.17) is 25.8 Å². The zero-order valence-corrected chi connectivity index (χ0v) is 21.9. The predicted octanol–water partition coefficient (Wildman–Crippen LogP) is 5.36. The van der Waals surface area contributed by atoms with Crippen molar-refractivity contribution < 1.29 is 24.1 Å². The van der Waals surface area contributed by atoms with Crippen LogP contribution in [0.1, 0.15) is 22.3 Å². The Morgan fingerprint density at radius 2 is 1.95 bits per heavy atom. The van der Waals surface area contributed by atoms with Gasteiger partial charge in [0, 0.05) is 25.8 Å². The first-order valence-electron chi connectivity index (χ1n) is 12.3. The van der Waals surface area contributed by atoms with Crippen LogP contribution in [0, 0.1) is 11.3 Å². The maximum absolute atomic E-state index is 11.8. The van der Waals surface area contributed by atoms with Crippen molar-refractivity contribution >= 4 is 29.7 Å². The molecule has 8 heteroatoms. The molecule has 0 radical (unpaired) electrons. The summed E-state index contributed by atoms with van der Waals surface area (Å²) in [4.78, 5) is 13.7. The van der Waals surface area contributed by atoms with Crippen molar-refractivity contribution in [2.75, 3.05) is 40.1 Å². The van der Waals surface area contributed by atoms with E-state index < -0.39 is 12.0 Å². The Morgan fingerprint density at radius 1 is 1.16 bits per heavy atom. The number of halogens is 1. The van der Waals surface area contributed by atoms with Gasteiger partial charge >= 0.3 is 5.97 Å². The summed E-state index contributed by atoms with van der Waals surface area (Å²) >= 11 is 6.56. The van der Waals surface area contributed by atoms with Gasteiger partial charge in [0.25, 0.3) is 0 Å². The SMILES string of the molecule is COCCOc1cc(C=Cc2cccc(-c3ccccc3)c2C#N)c(CN2CCOCC2C(=O)O)cc1Cl. The van der Waals surface area contributed by atoms with Crippen molar-refractivity contribution in [3.63, 3.8) is 0 Å². The molecule has 0 aliphatic carbocycles.